The van der Waals surface area contributed by atoms with Crippen LogP contribution in [0.15, 0.2) is 18.5 Å². The summed E-state index contributed by atoms with van der Waals surface area (Å²) in [5.41, 5.74) is 1.06. The molecular formula is C16H23N3O2. The highest BCUT2D eigenvalue weighted by molar-refractivity contribution is 5.85. The summed E-state index contributed by atoms with van der Waals surface area (Å²) in [6, 6.07) is 0. The Labute approximate surface area is 125 Å². The molecule has 114 valence electrons. The topological polar surface area (TPSA) is 66.3 Å². The smallest absolute Gasteiger partial charge is 0.328 e. The number of piperidine rings is 1. The van der Waals surface area contributed by atoms with Gasteiger partial charge in [0.2, 0.25) is 5.95 Å². The molecule has 0 bridgehead atoms. The summed E-state index contributed by atoms with van der Waals surface area (Å²) in [7, 11) is 0. The third-order valence-corrected chi connectivity index (χ3v) is 4.08. The Hall–Kier alpha value is -1.91. The Morgan fingerprint density at radius 3 is 2.33 bits per heavy atom. The fourth-order valence-corrected chi connectivity index (χ4v) is 2.69. The summed E-state index contributed by atoms with van der Waals surface area (Å²) in [5, 5.41) is 8.59. The lowest BCUT2D eigenvalue weighted by Gasteiger charge is -2.38. The number of aliphatic carboxylic acids is 1. The van der Waals surface area contributed by atoms with E-state index in [1.165, 1.54) is 6.08 Å². The Morgan fingerprint density at radius 2 is 1.86 bits per heavy atom. The molecule has 5 nitrogen and oxygen atoms in total. The number of nitrogens with zero attached hydrogens (tertiary/aromatic N) is 3. The number of hydrogen-bond donors (Lipinski definition) is 1. The molecule has 0 unspecified atom stereocenters. The normalized spacial score (nSPS) is 17.4. The van der Waals surface area contributed by atoms with Crippen LogP contribution in [0.1, 0.15) is 39.2 Å². The molecule has 1 aliphatic heterocycles. The van der Waals surface area contributed by atoms with Crippen molar-refractivity contribution in [1.82, 2.24) is 9.97 Å². The van der Waals surface area contributed by atoms with Crippen molar-refractivity contribution in [3.8, 4) is 0 Å². The summed E-state index contributed by atoms with van der Waals surface area (Å²) < 4.78 is 0. The zero-order valence-electron chi connectivity index (χ0n) is 12.9. The highest BCUT2D eigenvalue weighted by atomic mass is 16.4. The first kappa shape index (κ1) is 15.5. The number of carboxylic acids is 1. The van der Waals surface area contributed by atoms with Gasteiger partial charge in [-0.2, -0.15) is 0 Å². The van der Waals surface area contributed by atoms with E-state index in [-0.39, 0.29) is 0 Å². The van der Waals surface area contributed by atoms with Gasteiger partial charge in [0.05, 0.1) is 0 Å². The van der Waals surface area contributed by atoms with Crippen molar-refractivity contribution in [2.24, 2.45) is 11.3 Å². The first-order valence-electron chi connectivity index (χ1n) is 7.34. The Balaban J connectivity index is 1.96. The molecular weight excluding hydrogens is 266 g/mol. The van der Waals surface area contributed by atoms with Crippen LogP contribution in [0.5, 0.6) is 0 Å². The highest BCUT2D eigenvalue weighted by Gasteiger charge is 2.29. The Morgan fingerprint density at radius 1 is 1.29 bits per heavy atom. The molecule has 1 N–H and O–H groups in total. The fraction of sp³-hybridized carbons (Fsp3) is 0.562. The standard InChI is InChI=1S/C16H23N3O2/c1-16(2,3)13-6-8-19(9-7-13)15-17-10-12(11-18-15)4-5-14(20)21/h4-5,10-11,13H,6-9H2,1-3H3,(H,20,21)/b5-4+. The van der Waals surface area contributed by atoms with Crippen molar-refractivity contribution in [1.29, 1.82) is 0 Å². The molecule has 0 aliphatic carbocycles. The predicted molar refractivity (Wildman–Crippen MR) is 83.1 cm³/mol. The Kier molecular flexibility index (Phi) is 4.60. The molecule has 1 aliphatic rings. The number of carbonyl (C=O) groups is 1. The quantitative estimate of drug-likeness (QED) is 0.867. The van der Waals surface area contributed by atoms with Gasteiger partial charge in [-0.3, -0.25) is 0 Å². The lowest BCUT2D eigenvalue weighted by atomic mass is 9.75. The van der Waals surface area contributed by atoms with E-state index in [0.29, 0.717) is 11.0 Å². The molecule has 0 amide bonds. The third kappa shape index (κ3) is 4.28. The minimum absolute atomic E-state index is 0.360. The molecule has 1 aromatic heterocycles. The van der Waals surface area contributed by atoms with Crippen LogP contribution in [-0.2, 0) is 4.79 Å². The zero-order chi connectivity index (χ0) is 15.5. The van der Waals surface area contributed by atoms with Gasteiger partial charge in [0.25, 0.3) is 0 Å². The molecule has 0 aromatic carbocycles. The van der Waals surface area contributed by atoms with Crippen LogP contribution in [0.25, 0.3) is 6.08 Å². The number of anilines is 1. The van der Waals surface area contributed by atoms with Gasteiger partial charge in [-0.15, -0.1) is 0 Å². The molecule has 0 radical (unpaired) electrons. The van der Waals surface area contributed by atoms with E-state index < -0.39 is 5.97 Å². The molecule has 0 atom stereocenters. The van der Waals surface area contributed by atoms with E-state index in [2.05, 4.69) is 35.6 Å². The van der Waals surface area contributed by atoms with E-state index in [1.807, 2.05) is 0 Å². The van der Waals surface area contributed by atoms with Gasteiger partial charge in [0.1, 0.15) is 0 Å². The maximum absolute atomic E-state index is 10.5. The Bertz CT molecular complexity index is 509. The maximum atomic E-state index is 10.5. The van der Waals surface area contributed by atoms with Crippen LogP contribution in [-0.4, -0.2) is 34.1 Å². The van der Waals surface area contributed by atoms with Gasteiger partial charge in [-0.1, -0.05) is 20.8 Å². The van der Waals surface area contributed by atoms with Crippen molar-refractivity contribution in [3.05, 3.63) is 24.0 Å². The number of aromatic nitrogens is 2. The van der Waals surface area contributed by atoms with Crippen LogP contribution in [0, 0.1) is 11.3 Å². The largest absolute Gasteiger partial charge is 0.478 e. The van der Waals surface area contributed by atoms with E-state index in [9.17, 15) is 4.79 Å². The SMILES string of the molecule is CC(C)(C)C1CCN(c2ncc(/C=C/C(=O)O)cn2)CC1. The molecule has 2 rings (SSSR count). The summed E-state index contributed by atoms with van der Waals surface area (Å²) >= 11 is 0. The zero-order valence-corrected chi connectivity index (χ0v) is 12.9. The van der Waals surface area contributed by atoms with Gasteiger partial charge in [-0.05, 0) is 30.3 Å². The van der Waals surface area contributed by atoms with Gasteiger partial charge in [0, 0.05) is 37.1 Å². The van der Waals surface area contributed by atoms with Crippen molar-refractivity contribution in [2.75, 3.05) is 18.0 Å². The second-order valence-corrected chi connectivity index (χ2v) is 6.62. The minimum Gasteiger partial charge on any atom is -0.478 e. The second kappa shape index (κ2) is 6.24. The average Bonchev–Trinajstić information content (AvgIpc) is 2.45. The molecule has 1 aromatic rings. The number of rotatable bonds is 3. The molecule has 5 heteroatoms. The molecule has 1 fully saturated rings. The summed E-state index contributed by atoms with van der Waals surface area (Å²) in [6.07, 6.45) is 8.24. The first-order chi connectivity index (χ1) is 9.86. The third-order valence-electron chi connectivity index (χ3n) is 4.08. The molecule has 0 saturated carbocycles. The lowest BCUT2D eigenvalue weighted by Crippen LogP contribution is -2.38. The van der Waals surface area contributed by atoms with Gasteiger partial charge >= 0.3 is 5.97 Å². The van der Waals surface area contributed by atoms with Crippen molar-refractivity contribution in [3.63, 3.8) is 0 Å². The van der Waals surface area contributed by atoms with Gasteiger partial charge in [0.15, 0.2) is 0 Å². The first-order valence-corrected chi connectivity index (χ1v) is 7.34. The van der Waals surface area contributed by atoms with Crippen molar-refractivity contribution >= 4 is 18.0 Å². The fourth-order valence-electron chi connectivity index (χ4n) is 2.69. The summed E-state index contributed by atoms with van der Waals surface area (Å²) in [6.45, 7) is 8.85. The van der Waals surface area contributed by atoms with Crippen LogP contribution in [0.4, 0.5) is 5.95 Å². The van der Waals surface area contributed by atoms with Gasteiger partial charge in [-0.25, -0.2) is 14.8 Å². The maximum Gasteiger partial charge on any atom is 0.328 e. The molecule has 21 heavy (non-hydrogen) atoms. The molecule has 1 saturated heterocycles. The second-order valence-electron chi connectivity index (χ2n) is 6.62. The van der Waals surface area contributed by atoms with E-state index >= 15 is 0 Å². The average molecular weight is 289 g/mol. The van der Waals surface area contributed by atoms with Gasteiger partial charge < -0.3 is 10.0 Å². The van der Waals surface area contributed by atoms with E-state index in [1.54, 1.807) is 12.4 Å². The lowest BCUT2D eigenvalue weighted by molar-refractivity contribution is -0.131. The number of hydrogen-bond acceptors (Lipinski definition) is 4. The summed E-state index contributed by atoms with van der Waals surface area (Å²) in [5.74, 6) is 0.504. The van der Waals surface area contributed by atoms with Crippen LogP contribution in [0.3, 0.4) is 0 Å². The minimum atomic E-state index is -0.969. The van der Waals surface area contributed by atoms with E-state index in [4.69, 9.17) is 5.11 Å². The van der Waals surface area contributed by atoms with Crippen molar-refractivity contribution < 1.29 is 9.90 Å². The van der Waals surface area contributed by atoms with Crippen LogP contribution < -0.4 is 4.90 Å². The van der Waals surface area contributed by atoms with Crippen molar-refractivity contribution in [2.45, 2.75) is 33.6 Å². The predicted octanol–water partition coefficient (Wildman–Crippen LogP) is 2.84. The van der Waals surface area contributed by atoms with Crippen LogP contribution >= 0.6 is 0 Å². The van der Waals surface area contributed by atoms with Crippen LogP contribution in [0.2, 0.25) is 0 Å². The number of carboxylic acid groups (broad SMARTS) is 1. The molecule has 0 spiro atoms. The monoisotopic (exact) mass is 289 g/mol. The summed E-state index contributed by atoms with van der Waals surface area (Å²) in [4.78, 5) is 21.3. The highest BCUT2D eigenvalue weighted by Crippen LogP contribution is 2.34. The van der Waals surface area contributed by atoms with E-state index in [0.717, 1.165) is 43.9 Å². The molecule has 2 heterocycles.